The molecule has 0 amide bonds. The molecule has 0 aliphatic carbocycles. The van der Waals surface area contributed by atoms with Gasteiger partial charge in [0.05, 0.1) is 5.41 Å². The SMILES string of the molecule is CC(C)(C)C(=O)OC1C[C@H](CN2CCN(Cc3ccccc3)CC2)CN1. The zero-order valence-corrected chi connectivity index (χ0v) is 16.4. The van der Waals surface area contributed by atoms with Gasteiger partial charge in [0.25, 0.3) is 0 Å². The number of piperazine rings is 1. The summed E-state index contributed by atoms with van der Waals surface area (Å²) in [6.07, 6.45) is 0.803. The van der Waals surface area contributed by atoms with Crippen molar-refractivity contribution in [3.05, 3.63) is 35.9 Å². The fraction of sp³-hybridized carbons (Fsp3) is 0.667. The molecule has 1 aromatic rings. The van der Waals surface area contributed by atoms with Gasteiger partial charge in [-0.3, -0.25) is 15.0 Å². The third-order valence-electron chi connectivity index (χ3n) is 5.27. The highest BCUT2D eigenvalue weighted by Crippen LogP contribution is 2.22. The molecule has 0 bridgehead atoms. The number of hydrogen-bond acceptors (Lipinski definition) is 5. The number of hydrogen-bond donors (Lipinski definition) is 1. The second-order valence-corrected chi connectivity index (χ2v) is 8.72. The molecule has 0 radical (unpaired) electrons. The van der Waals surface area contributed by atoms with E-state index < -0.39 is 5.41 Å². The summed E-state index contributed by atoms with van der Waals surface area (Å²) in [6.45, 7) is 13.3. The molecule has 2 aliphatic heterocycles. The number of ether oxygens (including phenoxy) is 1. The van der Waals surface area contributed by atoms with Gasteiger partial charge in [-0.2, -0.15) is 0 Å². The number of benzene rings is 1. The molecule has 0 saturated carbocycles. The van der Waals surface area contributed by atoms with E-state index in [1.54, 1.807) is 0 Å². The predicted molar refractivity (Wildman–Crippen MR) is 104 cm³/mol. The summed E-state index contributed by atoms with van der Waals surface area (Å²) >= 11 is 0. The Morgan fingerprint density at radius 2 is 1.77 bits per heavy atom. The lowest BCUT2D eigenvalue weighted by atomic mass is 9.97. The van der Waals surface area contributed by atoms with Gasteiger partial charge in [-0.05, 0) is 32.3 Å². The molecule has 2 saturated heterocycles. The summed E-state index contributed by atoms with van der Waals surface area (Å²) in [7, 11) is 0. The van der Waals surface area contributed by atoms with Crippen molar-refractivity contribution in [2.45, 2.75) is 40.0 Å². The Balaban J connectivity index is 1.37. The van der Waals surface area contributed by atoms with E-state index in [0.29, 0.717) is 5.92 Å². The van der Waals surface area contributed by atoms with Crippen LogP contribution in [0.2, 0.25) is 0 Å². The van der Waals surface area contributed by atoms with Crippen LogP contribution < -0.4 is 5.32 Å². The topological polar surface area (TPSA) is 44.8 Å². The summed E-state index contributed by atoms with van der Waals surface area (Å²) in [5.74, 6) is 0.443. The van der Waals surface area contributed by atoms with E-state index in [4.69, 9.17) is 4.74 Å². The van der Waals surface area contributed by atoms with Crippen LogP contribution in [0.4, 0.5) is 0 Å². The third-order valence-corrected chi connectivity index (χ3v) is 5.27. The molecule has 2 aliphatic rings. The fourth-order valence-corrected chi connectivity index (χ4v) is 3.64. The van der Waals surface area contributed by atoms with Gasteiger partial charge in [-0.15, -0.1) is 0 Å². The maximum Gasteiger partial charge on any atom is 0.312 e. The molecular formula is C21H33N3O2. The predicted octanol–water partition coefficient (Wildman–Crippen LogP) is 2.33. The molecule has 0 aromatic heterocycles. The van der Waals surface area contributed by atoms with E-state index in [0.717, 1.165) is 52.2 Å². The van der Waals surface area contributed by atoms with Crippen LogP contribution in [-0.2, 0) is 16.1 Å². The van der Waals surface area contributed by atoms with E-state index in [9.17, 15) is 4.79 Å². The number of carbonyl (C=O) groups excluding carboxylic acids is 1. The van der Waals surface area contributed by atoms with Gasteiger partial charge in [0.1, 0.15) is 0 Å². The van der Waals surface area contributed by atoms with Crippen LogP contribution >= 0.6 is 0 Å². The minimum Gasteiger partial charge on any atom is -0.446 e. The summed E-state index contributed by atoms with van der Waals surface area (Å²) in [5.41, 5.74) is 0.957. The van der Waals surface area contributed by atoms with Crippen LogP contribution in [0.15, 0.2) is 30.3 Å². The van der Waals surface area contributed by atoms with Gasteiger partial charge in [-0.1, -0.05) is 30.3 Å². The number of esters is 1. The summed E-state index contributed by atoms with van der Waals surface area (Å²) in [4.78, 5) is 17.1. The van der Waals surface area contributed by atoms with Crippen molar-refractivity contribution in [2.24, 2.45) is 11.3 Å². The third kappa shape index (κ3) is 5.53. The molecule has 5 heteroatoms. The zero-order valence-electron chi connectivity index (χ0n) is 16.4. The van der Waals surface area contributed by atoms with Crippen LogP contribution in [0, 0.1) is 11.3 Å². The van der Waals surface area contributed by atoms with Gasteiger partial charge in [0.2, 0.25) is 0 Å². The standard InChI is InChI=1S/C21H33N3O2/c1-21(2,3)20(25)26-19-13-18(14-22-19)16-24-11-9-23(10-12-24)15-17-7-5-4-6-8-17/h4-8,18-19,22H,9-16H2,1-3H3/t18-,19?/m0/s1. The molecule has 26 heavy (non-hydrogen) atoms. The fourth-order valence-electron chi connectivity index (χ4n) is 3.64. The van der Waals surface area contributed by atoms with Crippen molar-refractivity contribution in [1.29, 1.82) is 0 Å². The van der Waals surface area contributed by atoms with Crippen LogP contribution in [0.5, 0.6) is 0 Å². The minimum atomic E-state index is -0.436. The first kappa shape index (κ1) is 19.3. The first-order valence-corrected chi connectivity index (χ1v) is 9.83. The van der Waals surface area contributed by atoms with Gasteiger partial charge in [0.15, 0.2) is 6.23 Å². The van der Waals surface area contributed by atoms with Crippen molar-refractivity contribution < 1.29 is 9.53 Å². The van der Waals surface area contributed by atoms with E-state index in [2.05, 4.69) is 45.4 Å². The van der Waals surface area contributed by atoms with Crippen molar-refractivity contribution in [3.8, 4) is 0 Å². The van der Waals surface area contributed by atoms with Crippen molar-refractivity contribution in [1.82, 2.24) is 15.1 Å². The van der Waals surface area contributed by atoms with E-state index in [1.807, 2.05) is 20.8 Å². The van der Waals surface area contributed by atoms with Gasteiger partial charge in [-0.25, -0.2) is 0 Å². The highest BCUT2D eigenvalue weighted by molar-refractivity contribution is 5.75. The van der Waals surface area contributed by atoms with E-state index in [-0.39, 0.29) is 12.2 Å². The lowest BCUT2D eigenvalue weighted by molar-refractivity contribution is -0.159. The summed E-state index contributed by atoms with van der Waals surface area (Å²) in [6, 6.07) is 10.7. The molecule has 5 nitrogen and oxygen atoms in total. The molecule has 2 atom stereocenters. The second kappa shape index (κ2) is 8.51. The van der Waals surface area contributed by atoms with Crippen LogP contribution in [0.25, 0.3) is 0 Å². The highest BCUT2D eigenvalue weighted by Gasteiger charge is 2.32. The average Bonchev–Trinajstić information content (AvgIpc) is 3.04. The molecule has 1 N–H and O–H groups in total. The Kier molecular flexibility index (Phi) is 6.33. The average molecular weight is 360 g/mol. The molecule has 0 spiro atoms. The lowest BCUT2D eigenvalue weighted by Gasteiger charge is -2.35. The summed E-state index contributed by atoms with van der Waals surface area (Å²) in [5, 5.41) is 3.36. The highest BCUT2D eigenvalue weighted by atomic mass is 16.6. The Hall–Kier alpha value is -1.43. The van der Waals surface area contributed by atoms with Crippen molar-refractivity contribution in [2.75, 3.05) is 39.3 Å². The van der Waals surface area contributed by atoms with Crippen LogP contribution in [0.3, 0.4) is 0 Å². The smallest absolute Gasteiger partial charge is 0.312 e. The lowest BCUT2D eigenvalue weighted by Crippen LogP contribution is -2.47. The number of nitrogens with zero attached hydrogens (tertiary/aromatic N) is 2. The second-order valence-electron chi connectivity index (χ2n) is 8.72. The molecule has 3 rings (SSSR count). The Morgan fingerprint density at radius 3 is 2.42 bits per heavy atom. The quantitative estimate of drug-likeness (QED) is 0.818. The van der Waals surface area contributed by atoms with E-state index >= 15 is 0 Å². The minimum absolute atomic E-state index is 0.119. The molecular weight excluding hydrogens is 326 g/mol. The molecule has 2 heterocycles. The largest absolute Gasteiger partial charge is 0.446 e. The molecule has 2 fully saturated rings. The molecule has 1 unspecified atom stereocenters. The molecule has 1 aromatic carbocycles. The van der Waals surface area contributed by atoms with E-state index in [1.165, 1.54) is 5.56 Å². The number of rotatable bonds is 5. The Morgan fingerprint density at radius 1 is 1.12 bits per heavy atom. The van der Waals surface area contributed by atoms with Crippen LogP contribution in [-0.4, -0.2) is 61.3 Å². The number of carbonyl (C=O) groups is 1. The number of nitrogens with one attached hydrogen (secondary N) is 1. The zero-order chi connectivity index (χ0) is 18.6. The monoisotopic (exact) mass is 359 g/mol. The van der Waals surface area contributed by atoms with Crippen LogP contribution in [0.1, 0.15) is 32.8 Å². The van der Waals surface area contributed by atoms with Crippen molar-refractivity contribution in [3.63, 3.8) is 0 Å². The Bertz CT molecular complexity index is 577. The maximum atomic E-state index is 12.0. The van der Waals surface area contributed by atoms with Gasteiger partial charge >= 0.3 is 5.97 Å². The first-order chi connectivity index (χ1) is 12.4. The van der Waals surface area contributed by atoms with Gasteiger partial charge in [0, 0.05) is 52.2 Å². The normalized spacial score (nSPS) is 25.3. The van der Waals surface area contributed by atoms with Crippen molar-refractivity contribution >= 4 is 5.97 Å². The first-order valence-electron chi connectivity index (χ1n) is 9.83. The Labute approximate surface area is 157 Å². The van der Waals surface area contributed by atoms with Gasteiger partial charge < -0.3 is 9.64 Å². The molecule has 144 valence electrons. The maximum absolute atomic E-state index is 12.0. The summed E-state index contributed by atoms with van der Waals surface area (Å²) < 4.78 is 5.60.